The van der Waals surface area contributed by atoms with E-state index in [0.717, 1.165) is 95.8 Å². The molecule has 17 nitrogen and oxygen atoms in total. The van der Waals surface area contributed by atoms with Gasteiger partial charge in [-0.05, 0) is 31.6 Å². The third-order valence-corrected chi connectivity index (χ3v) is 22.4. The monoisotopic (exact) mass is 1550 g/mol. The highest BCUT2D eigenvalue weighted by atomic mass is 31.2. The zero-order valence-electron chi connectivity index (χ0n) is 69.6. The smallest absolute Gasteiger partial charge is 0.462 e. The van der Waals surface area contributed by atoms with Crippen molar-refractivity contribution < 1.29 is 80.2 Å². The molecule has 5 atom stereocenters. The first-order valence-corrected chi connectivity index (χ1v) is 48.1. The third-order valence-electron chi connectivity index (χ3n) is 20.5. The molecule has 0 aliphatic heterocycles. The number of phosphoric acid groups is 2. The van der Waals surface area contributed by atoms with Gasteiger partial charge in [-0.2, -0.15) is 0 Å². The molecular weight excluding hydrogens is 1380 g/mol. The maximum absolute atomic E-state index is 13.2. The molecule has 0 aromatic heterocycles. The predicted octanol–water partition coefficient (Wildman–Crippen LogP) is 26.8. The van der Waals surface area contributed by atoms with E-state index in [0.29, 0.717) is 25.7 Å². The number of phosphoric ester groups is 2. The fourth-order valence-electron chi connectivity index (χ4n) is 13.6. The van der Waals surface area contributed by atoms with Crippen molar-refractivity contribution in [1.29, 1.82) is 0 Å². The number of aliphatic hydroxyl groups is 1. The molecule has 19 heteroatoms. The van der Waals surface area contributed by atoms with E-state index in [2.05, 4.69) is 34.6 Å². The van der Waals surface area contributed by atoms with E-state index in [4.69, 9.17) is 37.0 Å². The van der Waals surface area contributed by atoms with E-state index in [1.807, 2.05) is 0 Å². The lowest BCUT2D eigenvalue weighted by Crippen LogP contribution is -2.30. The minimum absolute atomic E-state index is 0.109. The zero-order valence-corrected chi connectivity index (χ0v) is 71.4. The van der Waals surface area contributed by atoms with E-state index < -0.39 is 97.5 Å². The molecule has 0 aromatic carbocycles. The van der Waals surface area contributed by atoms with Crippen LogP contribution in [0.5, 0.6) is 0 Å². The largest absolute Gasteiger partial charge is 0.472 e. The van der Waals surface area contributed by atoms with E-state index in [1.54, 1.807) is 0 Å². The molecule has 0 aliphatic carbocycles. The van der Waals surface area contributed by atoms with Gasteiger partial charge in [-0.1, -0.05) is 420 Å². The molecule has 3 N–H and O–H groups in total. The number of unbranched alkanes of at least 4 members (excludes halogenated alkanes) is 59. The fraction of sp³-hybridized carbons (Fsp3) is 0.954. The van der Waals surface area contributed by atoms with Gasteiger partial charge < -0.3 is 33.8 Å². The molecule has 0 aromatic rings. The van der Waals surface area contributed by atoms with Crippen LogP contribution in [0.2, 0.25) is 0 Å². The summed E-state index contributed by atoms with van der Waals surface area (Å²) in [4.78, 5) is 73.3. The Hall–Kier alpha value is -1.94. The first-order valence-electron chi connectivity index (χ1n) is 45.1. The Morgan fingerprint density at radius 2 is 0.434 bits per heavy atom. The van der Waals surface area contributed by atoms with Gasteiger partial charge in [-0.25, -0.2) is 9.13 Å². The number of hydrogen-bond acceptors (Lipinski definition) is 15. The van der Waals surface area contributed by atoms with Crippen LogP contribution >= 0.6 is 15.6 Å². The van der Waals surface area contributed by atoms with E-state index in [9.17, 15) is 43.2 Å². The average Bonchev–Trinajstić information content (AvgIpc) is 0.905. The summed E-state index contributed by atoms with van der Waals surface area (Å²) in [5.74, 6) is -1.31. The van der Waals surface area contributed by atoms with Crippen molar-refractivity contribution in [3.63, 3.8) is 0 Å². The number of rotatable bonds is 87. The quantitative estimate of drug-likeness (QED) is 0.0222. The number of carbonyl (C=O) groups excluding carboxylic acids is 4. The second kappa shape index (κ2) is 79.7. The van der Waals surface area contributed by atoms with Gasteiger partial charge in [0, 0.05) is 25.7 Å². The first-order chi connectivity index (χ1) is 51.5. The summed E-state index contributed by atoms with van der Waals surface area (Å²) in [6.07, 6.45) is 73.6. The summed E-state index contributed by atoms with van der Waals surface area (Å²) in [7, 11) is -9.93. The Labute approximate surface area is 651 Å². The molecule has 0 saturated heterocycles. The predicted molar refractivity (Wildman–Crippen MR) is 437 cm³/mol. The molecule has 106 heavy (non-hydrogen) atoms. The van der Waals surface area contributed by atoms with Crippen molar-refractivity contribution in [3.05, 3.63) is 0 Å². The molecular formula is C87H170O17P2. The van der Waals surface area contributed by atoms with Gasteiger partial charge in [0.1, 0.15) is 19.3 Å². The molecule has 0 rings (SSSR count). The van der Waals surface area contributed by atoms with Crippen LogP contribution in [0.15, 0.2) is 0 Å². The molecule has 0 aliphatic rings. The summed E-state index contributed by atoms with van der Waals surface area (Å²) in [6.45, 7) is 7.39. The number of hydrogen-bond donors (Lipinski definition) is 3. The highest BCUT2D eigenvalue weighted by Gasteiger charge is 2.30. The van der Waals surface area contributed by atoms with Gasteiger partial charge in [-0.15, -0.1) is 0 Å². The van der Waals surface area contributed by atoms with Crippen molar-refractivity contribution in [1.82, 2.24) is 0 Å². The molecule has 0 radical (unpaired) electrons. The molecule has 2 unspecified atom stereocenters. The molecule has 630 valence electrons. The summed E-state index contributed by atoms with van der Waals surface area (Å²) in [5, 5.41) is 10.7. The van der Waals surface area contributed by atoms with Gasteiger partial charge in [0.15, 0.2) is 12.2 Å². The Morgan fingerprint density at radius 1 is 0.255 bits per heavy atom. The van der Waals surface area contributed by atoms with Gasteiger partial charge in [0.2, 0.25) is 0 Å². The van der Waals surface area contributed by atoms with Crippen LogP contribution in [0.4, 0.5) is 0 Å². The molecule has 0 heterocycles. The molecule has 0 amide bonds. The van der Waals surface area contributed by atoms with Crippen LogP contribution < -0.4 is 0 Å². The molecule has 0 fully saturated rings. The highest BCUT2D eigenvalue weighted by molar-refractivity contribution is 7.47. The topological polar surface area (TPSA) is 237 Å². The standard InChI is InChI=1S/C87H170O17P2/c1-6-9-12-15-18-21-24-27-29-31-32-33-34-35-36-38-42-48-53-58-63-68-73-87(92)104-83(77-98-85(90)71-66-61-56-51-46-43-39-40-44-49-54-59-64-69-80(4)5)79-102-106(95,96)100-75-81(88)74-99-105(93,94)101-78-82(76-97-84(89)70-65-60-55-50-45-26-23-20-17-14-11-8-3)103-86(91)72-67-62-57-52-47-41-37-30-28-25-22-19-16-13-10-7-2/h80-83,88H,6-79H2,1-5H3,(H,93,94)(H,95,96)/t81-,82+,83+/m0/s1. The number of carbonyl (C=O) groups is 4. The summed E-state index contributed by atoms with van der Waals surface area (Å²) < 4.78 is 69.0. The number of ether oxygens (including phenoxy) is 4. The van der Waals surface area contributed by atoms with E-state index in [1.165, 1.54) is 295 Å². The molecule has 0 spiro atoms. The Bertz CT molecular complexity index is 2010. The van der Waals surface area contributed by atoms with Crippen LogP contribution in [0.3, 0.4) is 0 Å². The third kappa shape index (κ3) is 80.1. The van der Waals surface area contributed by atoms with Crippen molar-refractivity contribution >= 4 is 39.5 Å². The van der Waals surface area contributed by atoms with Crippen molar-refractivity contribution in [2.24, 2.45) is 5.92 Å². The molecule has 0 saturated carbocycles. The van der Waals surface area contributed by atoms with Crippen LogP contribution in [0, 0.1) is 5.92 Å². The Balaban J connectivity index is 5.23. The molecule has 0 bridgehead atoms. The van der Waals surface area contributed by atoms with Crippen molar-refractivity contribution in [2.75, 3.05) is 39.6 Å². The fourth-order valence-corrected chi connectivity index (χ4v) is 15.2. The van der Waals surface area contributed by atoms with Gasteiger partial charge in [0.25, 0.3) is 0 Å². The highest BCUT2D eigenvalue weighted by Crippen LogP contribution is 2.45. The second-order valence-electron chi connectivity index (χ2n) is 31.8. The normalized spacial score (nSPS) is 13.7. The average molecular weight is 1550 g/mol. The van der Waals surface area contributed by atoms with E-state index >= 15 is 0 Å². The van der Waals surface area contributed by atoms with Crippen LogP contribution in [0.1, 0.15) is 471 Å². The van der Waals surface area contributed by atoms with Gasteiger partial charge in [-0.3, -0.25) is 37.3 Å². The Morgan fingerprint density at radius 3 is 0.642 bits per heavy atom. The van der Waals surface area contributed by atoms with Crippen molar-refractivity contribution in [3.8, 4) is 0 Å². The number of aliphatic hydroxyl groups excluding tert-OH is 1. The van der Waals surface area contributed by atoms with Gasteiger partial charge in [0.05, 0.1) is 26.4 Å². The minimum Gasteiger partial charge on any atom is -0.462 e. The van der Waals surface area contributed by atoms with Gasteiger partial charge >= 0.3 is 39.5 Å². The lowest BCUT2D eigenvalue weighted by Gasteiger charge is -2.21. The van der Waals surface area contributed by atoms with Crippen LogP contribution in [-0.2, 0) is 65.4 Å². The van der Waals surface area contributed by atoms with Crippen LogP contribution in [-0.4, -0.2) is 96.7 Å². The summed E-state index contributed by atoms with van der Waals surface area (Å²) >= 11 is 0. The van der Waals surface area contributed by atoms with E-state index in [-0.39, 0.29) is 25.7 Å². The SMILES string of the molecule is CCCCCCCCCCCCCCCCCCCCCCCCC(=O)O[C@H](COC(=O)CCCCCCCCCCCCCCCC(C)C)COP(=O)(O)OC[C@@H](O)COP(=O)(O)OC[C@@H](COC(=O)CCCCCCCCCCCCCC)OC(=O)CCCCCCCCCCCCCCCCCC. The maximum Gasteiger partial charge on any atom is 0.472 e. The van der Waals surface area contributed by atoms with Crippen LogP contribution in [0.25, 0.3) is 0 Å². The summed E-state index contributed by atoms with van der Waals surface area (Å²) in [6, 6.07) is 0. The Kier molecular flexibility index (Phi) is 78.2. The maximum atomic E-state index is 13.2. The minimum atomic E-state index is -4.97. The first kappa shape index (κ1) is 104. The number of esters is 4. The lowest BCUT2D eigenvalue weighted by atomic mass is 10.0. The summed E-state index contributed by atoms with van der Waals surface area (Å²) in [5.41, 5.74) is 0. The second-order valence-corrected chi connectivity index (χ2v) is 34.7. The van der Waals surface area contributed by atoms with Crippen molar-refractivity contribution in [2.45, 2.75) is 490 Å². The zero-order chi connectivity index (χ0) is 77.6. The lowest BCUT2D eigenvalue weighted by molar-refractivity contribution is -0.161.